The zero-order valence-electron chi connectivity index (χ0n) is 18.9. The Morgan fingerprint density at radius 3 is 2.40 bits per heavy atom. The molecule has 2 saturated carbocycles. The van der Waals surface area contributed by atoms with Crippen molar-refractivity contribution in [3.8, 4) is 0 Å². The molecule has 1 heterocycles. The first kappa shape index (κ1) is 21.2. The molecule has 0 unspecified atom stereocenters. The minimum atomic E-state index is -0.404. The SMILES string of the molecule is COC(=O)NC1CC(C(=O)N2CCC3(CC2)CC(c2cccc(C(C)(C)C)c2)C3)C1. The second-order valence-electron chi connectivity index (χ2n) is 10.8. The summed E-state index contributed by atoms with van der Waals surface area (Å²) in [6.07, 6.45) is 5.85. The zero-order chi connectivity index (χ0) is 21.5. The van der Waals surface area contributed by atoms with E-state index in [4.69, 9.17) is 0 Å². The zero-order valence-corrected chi connectivity index (χ0v) is 18.9. The van der Waals surface area contributed by atoms with Crippen LogP contribution in [-0.4, -0.2) is 43.1 Å². The lowest BCUT2D eigenvalue weighted by Crippen LogP contribution is -2.53. The van der Waals surface area contributed by atoms with Crippen molar-refractivity contribution in [1.29, 1.82) is 0 Å². The van der Waals surface area contributed by atoms with Crippen molar-refractivity contribution in [2.45, 2.75) is 76.7 Å². The van der Waals surface area contributed by atoms with Crippen LogP contribution in [0, 0.1) is 11.3 Å². The van der Waals surface area contributed by atoms with Crippen LogP contribution in [0.4, 0.5) is 4.79 Å². The van der Waals surface area contributed by atoms with Gasteiger partial charge in [-0.1, -0.05) is 45.0 Å². The monoisotopic (exact) mass is 412 g/mol. The molecular formula is C25H36N2O3. The minimum Gasteiger partial charge on any atom is -0.453 e. The molecule has 1 saturated heterocycles. The molecule has 0 bridgehead atoms. The molecule has 1 spiro atoms. The number of benzene rings is 1. The third kappa shape index (κ3) is 4.21. The normalized spacial score (nSPS) is 25.9. The Balaban J connectivity index is 1.24. The Hall–Kier alpha value is -2.04. The summed E-state index contributed by atoms with van der Waals surface area (Å²) in [4.78, 5) is 26.1. The maximum absolute atomic E-state index is 12.8. The molecular weight excluding hydrogens is 376 g/mol. The number of carbonyl (C=O) groups is 2. The number of hydrogen-bond acceptors (Lipinski definition) is 3. The molecule has 1 aliphatic heterocycles. The molecule has 3 fully saturated rings. The molecule has 5 heteroatoms. The van der Waals surface area contributed by atoms with E-state index in [0.29, 0.717) is 11.3 Å². The predicted octanol–water partition coefficient (Wildman–Crippen LogP) is 4.60. The van der Waals surface area contributed by atoms with Crippen LogP contribution >= 0.6 is 0 Å². The number of methoxy groups -OCH3 is 1. The van der Waals surface area contributed by atoms with E-state index in [9.17, 15) is 9.59 Å². The topological polar surface area (TPSA) is 58.6 Å². The first-order valence-electron chi connectivity index (χ1n) is 11.4. The average molecular weight is 413 g/mol. The highest BCUT2D eigenvalue weighted by molar-refractivity contribution is 5.80. The lowest BCUT2D eigenvalue weighted by Gasteiger charge is -2.53. The number of likely N-dealkylation sites (tertiary alicyclic amines) is 1. The van der Waals surface area contributed by atoms with E-state index in [1.165, 1.54) is 31.1 Å². The summed E-state index contributed by atoms with van der Waals surface area (Å²) >= 11 is 0. The second kappa shape index (κ2) is 7.90. The van der Waals surface area contributed by atoms with E-state index in [1.54, 1.807) is 0 Å². The largest absolute Gasteiger partial charge is 0.453 e. The van der Waals surface area contributed by atoms with Gasteiger partial charge in [-0.25, -0.2) is 4.79 Å². The summed E-state index contributed by atoms with van der Waals surface area (Å²) in [6, 6.07) is 9.24. The smallest absolute Gasteiger partial charge is 0.407 e. The Kier molecular flexibility index (Phi) is 5.58. The molecule has 5 nitrogen and oxygen atoms in total. The molecule has 30 heavy (non-hydrogen) atoms. The van der Waals surface area contributed by atoms with Gasteiger partial charge in [-0.15, -0.1) is 0 Å². The molecule has 1 N–H and O–H groups in total. The summed E-state index contributed by atoms with van der Waals surface area (Å²) < 4.78 is 4.63. The van der Waals surface area contributed by atoms with E-state index < -0.39 is 6.09 Å². The number of piperidine rings is 1. The standard InChI is InChI=1S/C25H36N2O3/c1-24(2,3)20-7-5-6-17(12-20)19-15-25(16-19)8-10-27(11-9-25)22(28)18-13-21(14-18)26-23(29)30-4/h5-7,12,18-19,21H,8-11,13-16H2,1-4H3,(H,26,29). The second-order valence-corrected chi connectivity index (χ2v) is 10.8. The highest BCUT2D eigenvalue weighted by Gasteiger charge is 2.48. The number of ether oxygens (including phenoxy) is 1. The third-order valence-corrected chi connectivity index (χ3v) is 7.71. The van der Waals surface area contributed by atoms with Gasteiger partial charge >= 0.3 is 6.09 Å². The fourth-order valence-electron chi connectivity index (χ4n) is 5.51. The van der Waals surface area contributed by atoms with Crippen molar-refractivity contribution >= 4 is 12.0 Å². The lowest BCUT2D eigenvalue weighted by atomic mass is 9.56. The maximum Gasteiger partial charge on any atom is 0.407 e. The molecule has 1 aromatic rings. The van der Waals surface area contributed by atoms with E-state index in [2.05, 4.69) is 60.0 Å². The van der Waals surface area contributed by atoms with Gasteiger partial charge in [-0.05, 0) is 66.4 Å². The number of carbonyl (C=O) groups excluding carboxylic acids is 2. The van der Waals surface area contributed by atoms with Crippen molar-refractivity contribution in [1.82, 2.24) is 10.2 Å². The van der Waals surface area contributed by atoms with Gasteiger partial charge < -0.3 is 15.0 Å². The molecule has 4 rings (SSSR count). The first-order valence-corrected chi connectivity index (χ1v) is 11.4. The van der Waals surface area contributed by atoms with E-state index in [-0.39, 0.29) is 23.3 Å². The van der Waals surface area contributed by atoms with Crippen LogP contribution in [0.15, 0.2) is 24.3 Å². The molecule has 2 amide bonds. The number of alkyl carbamates (subject to hydrolysis) is 1. The van der Waals surface area contributed by atoms with Crippen molar-refractivity contribution in [3.63, 3.8) is 0 Å². The van der Waals surface area contributed by atoms with Crippen LogP contribution in [0.25, 0.3) is 0 Å². The van der Waals surface area contributed by atoms with Gasteiger partial charge in [0, 0.05) is 25.0 Å². The number of nitrogens with one attached hydrogen (secondary N) is 1. The number of rotatable bonds is 3. The predicted molar refractivity (Wildman–Crippen MR) is 117 cm³/mol. The van der Waals surface area contributed by atoms with Crippen LogP contribution in [0.5, 0.6) is 0 Å². The van der Waals surface area contributed by atoms with Crippen LogP contribution in [0.2, 0.25) is 0 Å². The van der Waals surface area contributed by atoms with Crippen LogP contribution in [-0.2, 0) is 14.9 Å². The van der Waals surface area contributed by atoms with Crippen LogP contribution in [0.1, 0.15) is 76.3 Å². The molecule has 3 aliphatic rings. The highest BCUT2D eigenvalue weighted by Crippen LogP contribution is 2.57. The van der Waals surface area contributed by atoms with Gasteiger partial charge in [0.15, 0.2) is 0 Å². The van der Waals surface area contributed by atoms with Crippen LogP contribution < -0.4 is 5.32 Å². The summed E-state index contributed by atoms with van der Waals surface area (Å²) in [5, 5.41) is 2.79. The fourth-order valence-corrected chi connectivity index (χ4v) is 5.51. The van der Waals surface area contributed by atoms with Gasteiger partial charge in [-0.2, -0.15) is 0 Å². The van der Waals surface area contributed by atoms with Crippen LogP contribution in [0.3, 0.4) is 0 Å². The number of amides is 2. The molecule has 0 aromatic heterocycles. The van der Waals surface area contributed by atoms with Gasteiger partial charge in [0.25, 0.3) is 0 Å². The summed E-state index contributed by atoms with van der Waals surface area (Å²) in [5.41, 5.74) is 3.54. The fraction of sp³-hybridized carbons (Fsp3) is 0.680. The Morgan fingerprint density at radius 1 is 1.13 bits per heavy atom. The maximum atomic E-state index is 12.8. The van der Waals surface area contributed by atoms with E-state index >= 15 is 0 Å². The summed E-state index contributed by atoms with van der Waals surface area (Å²) in [7, 11) is 1.37. The number of hydrogen-bond donors (Lipinski definition) is 1. The molecule has 0 atom stereocenters. The van der Waals surface area contributed by atoms with Crippen molar-refractivity contribution in [3.05, 3.63) is 35.4 Å². The van der Waals surface area contributed by atoms with Gasteiger partial charge in [0.05, 0.1) is 7.11 Å². The molecule has 2 aliphatic carbocycles. The van der Waals surface area contributed by atoms with Crippen molar-refractivity contribution < 1.29 is 14.3 Å². The molecule has 0 radical (unpaired) electrons. The van der Waals surface area contributed by atoms with Gasteiger partial charge in [0.2, 0.25) is 5.91 Å². The van der Waals surface area contributed by atoms with Gasteiger partial charge in [-0.3, -0.25) is 4.79 Å². The minimum absolute atomic E-state index is 0.0653. The van der Waals surface area contributed by atoms with Gasteiger partial charge in [0.1, 0.15) is 0 Å². The Morgan fingerprint density at radius 2 is 1.80 bits per heavy atom. The summed E-state index contributed by atoms with van der Waals surface area (Å²) in [6.45, 7) is 8.60. The van der Waals surface area contributed by atoms with E-state index in [1.807, 2.05) is 0 Å². The first-order chi connectivity index (χ1) is 14.2. The lowest BCUT2D eigenvalue weighted by molar-refractivity contribution is -0.142. The van der Waals surface area contributed by atoms with Crippen molar-refractivity contribution in [2.75, 3.05) is 20.2 Å². The Bertz CT molecular complexity index is 791. The molecule has 1 aromatic carbocycles. The summed E-state index contributed by atoms with van der Waals surface area (Å²) in [5.74, 6) is 1.02. The number of nitrogens with zero attached hydrogens (tertiary/aromatic N) is 1. The Labute approximate surface area is 180 Å². The third-order valence-electron chi connectivity index (χ3n) is 7.71. The van der Waals surface area contributed by atoms with E-state index in [0.717, 1.165) is 38.8 Å². The van der Waals surface area contributed by atoms with Crippen molar-refractivity contribution in [2.24, 2.45) is 11.3 Å². The molecule has 164 valence electrons. The quantitative estimate of drug-likeness (QED) is 0.789. The highest BCUT2D eigenvalue weighted by atomic mass is 16.5. The average Bonchev–Trinajstić information content (AvgIpc) is 2.67.